The van der Waals surface area contributed by atoms with Crippen LogP contribution < -0.4 is 4.90 Å². The number of carbonyl (C=O) groups is 1. The van der Waals surface area contributed by atoms with Gasteiger partial charge in [0.05, 0.1) is 26.5 Å². The molecule has 0 spiro atoms. The van der Waals surface area contributed by atoms with Crippen LogP contribution >= 0.6 is 22.7 Å². The topological polar surface area (TPSA) is 51.0 Å². The number of fused-ring (bicyclic) bond motifs is 2. The molecule has 0 unspecified atom stereocenters. The van der Waals surface area contributed by atoms with Crippen molar-refractivity contribution in [2.75, 3.05) is 11.4 Å². The molecule has 5 nitrogen and oxygen atoms in total. The summed E-state index contributed by atoms with van der Waals surface area (Å²) < 4.78 is 3.00. The number of para-hydroxylation sites is 2. The minimum Gasteiger partial charge on any atom is -0.284 e. The second-order valence-corrected chi connectivity index (χ2v) is 8.72. The maximum absolute atomic E-state index is 13.4. The number of anilines is 1. The van der Waals surface area contributed by atoms with Crippen LogP contribution in [0.4, 0.5) is 5.13 Å². The molecule has 7 heteroatoms. The number of aryl methyl sites for hydroxylation is 1. The fourth-order valence-electron chi connectivity index (χ4n) is 3.37. The molecule has 1 amide bonds. The highest BCUT2D eigenvalue weighted by molar-refractivity contribution is 7.23. The van der Waals surface area contributed by atoms with Crippen LogP contribution in [0.5, 0.6) is 0 Å². The summed E-state index contributed by atoms with van der Waals surface area (Å²) in [7, 11) is 0. The van der Waals surface area contributed by atoms with E-state index in [0.29, 0.717) is 11.4 Å². The Morgan fingerprint density at radius 1 is 1.07 bits per heavy atom. The molecule has 0 N–H and O–H groups in total. The summed E-state index contributed by atoms with van der Waals surface area (Å²) in [4.78, 5) is 21.5. The fraction of sp³-hybridized carbons (Fsp3) is 0.136. The van der Waals surface area contributed by atoms with Crippen LogP contribution in [0.25, 0.3) is 26.1 Å². The zero-order valence-electron chi connectivity index (χ0n) is 16.0. The number of amides is 1. The molecule has 5 rings (SSSR count). The summed E-state index contributed by atoms with van der Waals surface area (Å²) >= 11 is 3.03. The first kappa shape index (κ1) is 18.0. The number of nitrogens with zero attached hydrogens (tertiary/aromatic N) is 4. The largest absolute Gasteiger partial charge is 0.284 e. The molecule has 0 atom stereocenters. The Morgan fingerprint density at radius 3 is 2.59 bits per heavy atom. The zero-order chi connectivity index (χ0) is 20.0. The average Bonchev–Trinajstić information content (AvgIpc) is 3.44. The van der Waals surface area contributed by atoms with E-state index in [1.165, 1.54) is 11.3 Å². The molecule has 3 heterocycles. The van der Waals surface area contributed by atoms with Gasteiger partial charge in [0.2, 0.25) is 0 Å². The van der Waals surface area contributed by atoms with Crippen molar-refractivity contribution in [2.45, 2.75) is 13.8 Å². The third kappa shape index (κ3) is 3.03. The maximum Gasteiger partial charge on any atom is 0.270 e. The van der Waals surface area contributed by atoms with Crippen molar-refractivity contribution in [3.8, 4) is 5.69 Å². The number of thiophene rings is 1. The first-order valence-electron chi connectivity index (χ1n) is 9.37. The molecule has 5 aromatic rings. The smallest absolute Gasteiger partial charge is 0.270 e. The van der Waals surface area contributed by atoms with Gasteiger partial charge in [0.15, 0.2) is 5.13 Å². The lowest BCUT2D eigenvalue weighted by molar-refractivity contribution is 0.0992. The Labute approximate surface area is 175 Å². The second kappa shape index (κ2) is 7.09. The Bertz CT molecular complexity index is 1300. The Hall–Kier alpha value is -3.03. The minimum absolute atomic E-state index is 0.0215. The van der Waals surface area contributed by atoms with E-state index in [1.807, 2.05) is 79.2 Å². The van der Waals surface area contributed by atoms with Crippen molar-refractivity contribution < 1.29 is 4.79 Å². The van der Waals surface area contributed by atoms with Gasteiger partial charge in [-0.2, -0.15) is 5.10 Å². The maximum atomic E-state index is 13.4. The van der Waals surface area contributed by atoms with Crippen LogP contribution in [0.15, 0.2) is 60.7 Å². The number of rotatable bonds is 4. The van der Waals surface area contributed by atoms with Crippen LogP contribution in [-0.2, 0) is 0 Å². The van der Waals surface area contributed by atoms with Crippen LogP contribution in [0, 0.1) is 6.92 Å². The number of carbonyl (C=O) groups excluding carboxylic acids is 1. The fourth-order valence-corrected chi connectivity index (χ4v) is 5.53. The quantitative estimate of drug-likeness (QED) is 0.378. The first-order chi connectivity index (χ1) is 14.2. The van der Waals surface area contributed by atoms with Crippen molar-refractivity contribution in [3.05, 3.63) is 71.2 Å². The predicted octanol–water partition coefficient (Wildman–Crippen LogP) is 5.67. The van der Waals surface area contributed by atoms with Gasteiger partial charge in [-0.1, -0.05) is 41.7 Å². The van der Waals surface area contributed by atoms with Crippen molar-refractivity contribution in [1.82, 2.24) is 14.8 Å². The van der Waals surface area contributed by atoms with Gasteiger partial charge in [-0.25, -0.2) is 9.67 Å². The van der Waals surface area contributed by atoms with E-state index in [2.05, 4.69) is 10.1 Å². The van der Waals surface area contributed by atoms with Gasteiger partial charge in [0.1, 0.15) is 4.83 Å². The third-order valence-electron chi connectivity index (χ3n) is 4.83. The van der Waals surface area contributed by atoms with Crippen molar-refractivity contribution in [3.63, 3.8) is 0 Å². The van der Waals surface area contributed by atoms with Gasteiger partial charge in [-0.3, -0.25) is 9.69 Å². The molecule has 0 aliphatic rings. The molecular formula is C22H18N4OS2. The van der Waals surface area contributed by atoms with Gasteiger partial charge >= 0.3 is 0 Å². The van der Waals surface area contributed by atoms with Gasteiger partial charge in [0.25, 0.3) is 5.91 Å². The highest BCUT2D eigenvalue weighted by Gasteiger charge is 2.23. The van der Waals surface area contributed by atoms with Crippen molar-refractivity contribution in [2.24, 2.45) is 0 Å². The number of hydrogen-bond donors (Lipinski definition) is 0. The molecule has 144 valence electrons. The molecule has 3 aromatic heterocycles. The molecular weight excluding hydrogens is 400 g/mol. The van der Waals surface area contributed by atoms with Crippen LogP contribution in [-0.4, -0.2) is 27.2 Å². The first-order valence-corrected chi connectivity index (χ1v) is 11.0. The van der Waals surface area contributed by atoms with E-state index >= 15 is 0 Å². The molecule has 0 radical (unpaired) electrons. The van der Waals surface area contributed by atoms with E-state index in [9.17, 15) is 4.79 Å². The van der Waals surface area contributed by atoms with Gasteiger partial charge in [0, 0.05) is 11.9 Å². The molecule has 0 aliphatic carbocycles. The van der Waals surface area contributed by atoms with E-state index in [4.69, 9.17) is 0 Å². The molecule has 0 fully saturated rings. The summed E-state index contributed by atoms with van der Waals surface area (Å²) in [5, 5.41) is 6.41. The Kier molecular flexibility index (Phi) is 4.41. The van der Waals surface area contributed by atoms with E-state index in [1.54, 1.807) is 16.2 Å². The van der Waals surface area contributed by atoms with Crippen LogP contribution in [0.3, 0.4) is 0 Å². The molecule has 0 saturated heterocycles. The lowest BCUT2D eigenvalue weighted by Crippen LogP contribution is -2.29. The monoisotopic (exact) mass is 418 g/mol. The summed E-state index contributed by atoms with van der Waals surface area (Å²) in [6.07, 6.45) is 0. The SMILES string of the molecule is CCN(C(=O)c1cc2c(C)nn(-c3ccccc3)c2s1)c1nc2ccccc2s1. The molecule has 2 aromatic carbocycles. The number of benzene rings is 2. The van der Waals surface area contributed by atoms with Crippen molar-refractivity contribution in [1.29, 1.82) is 0 Å². The second-order valence-electron chi connectivity index (χ2n) is 6.68. The van der Waals surface area contributed by atoms with E-state index < -0.39 is 0 Å². The average molecular weight is 419 g/mol. The molecule has 0 saturated carbocycles. The van der Waals surface area contributed by atoms with Crippen LogP contribution in [0.1, 0.15) is 22.3 Å². The number of aromatic nitrogens is 3. The number of thiazole rings is 1. The van der Waals surface area contributed by atoms with Gasteiger partial charge in [-0.05, 0) is 44.2 Å². The highest BCUT2D eigenvalue weighted by atomic mass is 32.1. The highest BCUT2D eigenvalue weighted by Crippen LogP contribution is 2.34. The zero-order valence-corrected chi connectivity index (χ0v) is 17.6. The molecule has 29 heavy (non-hydrogen) atoms. The summed E-state index contributed by atoms with van der Waals surface area (Å²) in [5.41, 5.74) is 2.83. The number of hydrogen-bond acceptors (Lipinski definition) is 5. The van der Waals surface area contributed by atoms with Gasteiger partial charge in [-0.15, -0.1) is 11.3 Å². The minimum atomic E-state index is -0.0215. The van der Waals surface area contributed by atoms with Crippen LogP contribution in [0.2, 0.25) is 0 Å². The van der Waals surface area contributed by atoms with Gasteiger partial charge < -0.3 is 0 Å². The van der Waals surface area contributed by atoms with E-state index in [0.717, 1.165) is 36.9 Å². The summed E-state index contributed by atoms with van der Waals surface area (Å²) in [6, 6.07) is 19.9. The summed E-state index contributed by atoms with van der Waals surface area (Å²) in [6.45, 7) is 4.53. The lowest BCUT2D eigenvalue weighted by Gasteiger charge is -2.16. The van der Waals surface area contributed by atoms with Crippen molar-refractivity contribution >= 4 is 54.1 Å². The molecule has 0 aliphatic heterocycles. The summed E-state index contributed by atoms with van der Waals surface area (Å²) in [5.74, 6) is -0.0215. The predicted molar refractivity (Wildman–Crippen MR) is 121 cm³/mol. The lowest BCUT2D eigenvalue weighted by atomic mass is 10.3. The van der Waals surface area contributed by atoms with E-state index in [-0.39, 0.29) is 5.91 Å². The third-order valence-corrected chi connectivity index (χ3v) is 6.99. The Balaban J connectivity index is 1.56. The standard InChI is InChI=1S/C22H18N4OS2/c1-3-25(22-23-17-11-7-8-12-18(17)29-22)20(27)19-13-16-14(2)24-26(21(16)28-19)15-9-5-4-6-10-15/h4-13H,3H2,1-2H3. The Morgan fingerprint density at radius 2 is 1.83 bits per heavy atom. The normalized spacial score (nSPS) is 11.4. The molecule has 0 bridgehead atoms.